The second kappa shape index (κ2) is 9.18. The Morgan fingerprint density at radius 3 is 2.39 bits per heavy atom. The molecule has 7 rings (SSSR count). The number of rotatable bonds is 7. The van der Waals surface area contributed by atoms with E-state index in [1.165, 1.54) is 33.5 Å². The summed E-state index contributed by atoms with van der Waals surface area (Å²) in [6, 6.07) is 11.0. The first-order valence-electron chi connectivity index (χ1n) is 13.6. The van der Waals surface area contributed by atoms with Gasteiger partial charge < -0.3 is 10.2 Å². The first-order valence-corrected chi connectivity index (χ1v) is 15.5. The van der Waals surface area contributed by atoms with Crippen molar-refractivity contribution >= 4 is 33.4 Å². The van der Waals surface area contributed by atoms with Gasteiger partial charge >= 0.3 is 0 Å². The second-order valence-electron chi connectivity index (χ2n) is 12.7. The van der Waals surface area contributed by atoms with Crippen LogP contribution in [0.15, 0.2) is 58.4 Å². The molecule has 2 bridgehead atoms. The van der Waals surface area contributed by atoms with E-state index >= 15 is 0 Å². The van der Waals surface area contributed by atoms with E-state index < -0.39 is 62.8 Å². The maximum absolute atomic E-state index is 14.3. The monoisotopic (exact) mass is 608 g/mol. The molecule has 5 aliphatic rings. The summed E-state index contributed by atoms with van der Waals surface area (Å²) in [5.74, 6) is -3.35. The summed E-state index contributed by atoms with van der Waals surface area (Å²) in [4.78, 5) is 19.5. The molecule has 0 aromatic heterocycles. The molecule has 3 saturated carbocycles. The van der Waals surface area contributed by atoms with Gasteiger partial charge in [-0.25, -0.2) is 21.6 Å². The molecule has 0 spiro atoms. The van der Waals surface area contributed by atoms with Gasteiger partial charge in [0, 0.05) is 30.0 Å². The van der Waals surface area contributed by atoms with E-state index in [4.69, 9.17) is 16.6 Å². The molecule has 2 aromatic rings. The van der Waals surface area contributed by atoms with Gasteiger partial charge in [-0.2, -0.15) is 4.31 Å². The highest BCUT2D eigenvalue weighted by Crippen LogP contribution is 2.71. The van der Waals surface area contributed by atoms with Crippen molar-refractivity contribution in [3.05, 3.63) is 64.9 Å². The number of nitrogens with zero attached hydrogens (tertiary/aromatic N) is 3. The van der Waals surface area contributed by atoms with E-state index in [2.05, 4.69) is 5.32 Å². The van der Waals surface area contributed by atoms with Crippen molar-refractivity contribution in [3.63, 3.8) is 0 Å². The third-order valence-corrected chi connectivity index (χ3v) is 11.4. The normalized spacial score (nSPS) is 31.3. The van der Waals surface area contributed by atoms with Crippen LogP contribution in [-0.4, -0.2) is 65.0 Å². The highest BCUT2D eigenvalue weighted by Gasteiger charge is 2.75. The number of amidine groups is 1. The van der Waals surface area contributed by atoms with E-state index in [1.54, 1.807) is 31.2 Å². The quantitative estimate of drug-likeness (QED) is 0.480. The van der Waals surface area contributed by atoms with Crippen molar-refractivity contribution < 1.29 is 26.4 Å². The molecule has 41 heavy (non-hydrogen) atoms. The molecule has 4 fully saturated rings. The Hall–Kier alpha value is -2.63. The molecule has 2 aromatic carbocycles. The molecule has 12 heteroatoms. The summed E-state index contributed by atoms with van der Waals surface area (Å²) in [6.07, 6.45) is 1.06. The zero-order valence-corrected chi connectivity index (χ0v) is 24.6. The molecule has 7 nitrogen and oxygen atoms in total. The number of sulfonamides is 1. The lowest BCUT2D eigenvalue weighted by atomic mass is 9.38. The molecule has 2 atom stereocenters. The minimum Gasteiger partial charge on any atom is -0.366 e. The predicted molar refractivity (Wildman–Crippen MR) is 149 cm³/mol. The van der Waals surface area contributed by atoms with Gasteiger partial charge in [-0.05, 0) is 69.9 Å². The summed E-state index contributed by atoms with van der Waals surface area (Å²) in [5, 5.41) is 3.33. The Kier molecular flexibility index (Phi) is 6.38. The number of likely N-dealkylation sites (tertiary alicyclic amines) is 1. The summed E-state index contributed by atoms with van der Waals surface area (Å²) >= 11 is 5.86. The number of alkyl halides is 2. The lowest BCUT2D eigenvalue weighted by Gasteiger charge is -2.73. The van der Waals surface area contributed by atoms with E-state index in [0.29, 0.717) is 30.7 Å². The molecule has 2 aliphatic heterocycles. The van der Waals surface area contributed by atoms with Gasteiger partial charge in [-0.3, -0.25) is 9.79 Å². The third-order valence-electron chi connectivity index (χ3n) is 9.10. The minimum absolute atomic E-state index is 0.0328. The molecule has 1 amide bonds. The van der Waals surface area contributed by atoms with E-state index in [-0.39, 0.29) is 22.9 Å². The standard InChI is InChI=1S/C29H32ClF3N4O3S/c1-18-12-29(32,33)17-36(18)24(38)23-26(2,3)35-25(34-23)27-14-28(15-27,16-27)37(13-19-9-10-21(30)22(31)11-19)41(39,40)20-7-5-4-6-8-20/h4-11,18,23H,12-17H2,1-3H3,(H,34,35)/t18-,23-,27?,28?/m0/s1. The Morgan fingerprint density at radius 1 is 1.15 bits per heavy atom. The lowest BCUT2D eigenvalue weighted by molar-refractivity contribution is -0.151. The van der Waals surface area contributed by atoms with Crippen LogP contribution in [0.3, 0.4) is 0 Å². The van der Waals surface area contributed by atoms with Crippen molar-refractivity contribution in [1.29, 1.82) is 0 Å². The van der Waals surface area contributed by atoms with Gasteiger partial charge in [-0.15, -0.1) is 0 Å². The van der Waals surface area contributed by atoms with Crippen LogP contribution >= 0.6 is 11.6 Å². The van der Waals surface area contributed by atoms with Gasteiger partial charge in [0.15, 0.2) is 6.04 Å². The van der Waals surface area contributed by atoms with Crippen molar-refractivity contribution in [2.24, 2.45) is 10.4 Å². The first-order chi connectivity index (χ1) is 19.1. The number of hydrogen-bond donors (Lipinski definition) is 1. The summed E-state index contributed by atoms with van der Waals surface area (Å²) in [6.45, 7) is 4.63. The zero-order valence-electron chi connectivity index (χ0n) is 23.0. The summed E-state index contributed by atoms with van der Waals surface area (Å²) in [7, 11) is -3.94. The fourth-order valence-corrected chi connectivity index (χ4v) is 8.97. The van der Waals surface area contributed by atoms with Gasteiger partial charge in [0.25, 0.3) is 5.92 Å². The highest BCUT2D eigenvalue weighted by atomic mass is 35.5. The number of hydrogen-bond acceptors (Lipinski definition) is 5. The fraction of sp³-hybridized carbons (Fsp3) is 0.517. The summed E-state index contributed by atoms with van der Waals surface area (Å²) < 4.78 is 71.6. The largest absolute Gasteiger partial charge is 0.366 e. The van der Waals surface area contributed by atoms with Crippen LogP contribution in [-0.2, 0) is 21.4 Å². The number of carbonyl (C=O) groups excluding carboxylic acids is 1. The highest BCUT2D eigenvalue weighted by molar-refractivity contribution is 7.89. The Balaban J connectivity index is 1.26. The Labute approximate surface area is 242 Å². The van der Waals surface area contributed by atoms with Crippen molar-refractivity contribution in [2.45, 2.75) is 87.0 Å². The maximum Gasteiger partial charge on any atom is 0.267 e. The molecular weight excluding hydrogens is 577 g/mol. The second-order valence-corrected chi connectivity index (χ2v) is 15.0. The first kappa shape index (κ1) is 28.5. The smallest absolute Gasteiger partial charge is 0.267 e. The molecular formula is C29H32ClF3N4O3S. The lowest BCUT2D eigenvalue weighted by Crippen LogP contribution is -2.78. The van der Waals surface area contributed by atoms with Gasteiger partial charge in [0.1, 0.15) is 11.7 Å². The number of benzene rings is 2. The number of carbonyl (C=O) groups is 1. The predicted octanol–water partition coefficient (Wildman–Crippen LogP) is 5.00. The van der Waals surface area contributed by atoms with Gasteiger partial charge in [0.05, 0.1) is 22.0 Å². The minimum atomic E-state index is -3.94. The Morgan fingerprint density at radius 2 is 1.80 bits per heavy atom. The average molecular weight is 609 g/mol. The van der Waals surface area contributed by atoms with E-state index in [9.17, 15) is 26.4 Å². The van der Waals surface area contributed by atoms with E-state index in [1.807, 2.05) is 13.8 Å². The zero-order chi connectivity index (χ0) is 29.6. The van der Waals surface area contributed by atoms with E-state index in [0.717, 1.165) is 0 Å². The maximum atomic E-state index is 14.3. The fourth-order valence-electron chi connectivity index (χ4n) is 7.08. The van der Waals surface area contributed by atoms with Crippen LogP contribution in [0.5, 0.6) is 0 Å². The topological polar surface area (TPSA) is 82.1 Å². The number of halogens is 4. The Bertz CT molecular complexity index is 1530. The molecule has 0 radical (unpaired) electrons. The molecule has 1 N–H and O–H groups in total. The molecule has 2 heterocycles. The number of nitrogens with one attached hydrogen (secondary N) is 1. The molecule has 1 saturated heterocycles. The van der Waals surface area contributed by atoms with Gasteiger partial charge in [0.2, 0.25) is 15.9 Å². The number of amides is 1. The third kappa shape index (κ3) is 4.55. The van der Waals surface area contributed by atoms with Crippen LogP contribution in [0.2, 0.25) is 5.02 Å². The summed E-state index contributed by atoms with van der Waals surface area (Å²) in [5.41, 5.74) is -1.46. The van der Waals surface area contributed by atoms with Crippen molar-refractivity contribution in [3.8, 4) is 0 Å². The van der Waals surface area contributed by atoms with Crippen LogP contribution in [0.1, 0.15) is 52.0 Å². The molecule has 220 valence electrons. The SMILES string of the molecule is C[C@H]1CC(F)(F)CN1C(=O)[C@@H]1N=C(C23CC(N(Cc4ccc(Cl)c(F)c4)S(=O)(=O)c4ccccc4)(C2)C3)NC1(C)C. The van der Waals surface area contributed by atoms with Crippen LogP contribution in [0.25, 0.3) is 0 Å². The average Bonchev–Trinajstić information content (AvgIpc) is 3.32. The molecule has 3 aliphatic carbocycles. The van der Waals surface area contributed by atoms with Crippen molar-refractivity contribution in [1.82, 2.24) is 14.5 Å². The number of aliphatic imine (C=N–C) groups is 1. The van der Waals surface area contributed by atoms with Crippen LogP contribution < -0.4 is 5.32 Å². The van der Waals surface area contributed by atoms with Crippen LogP contribution in [0, 0.1) is 11.2 Å². The molecule has 0 unspecified atom stereocenters. The van der Waals surface area contributed by atoms with Crippen LogP contribution in [0.4, 0.5) is 13.2 Å². The van der Waals surface area contributed by atoms with Gasteiger partial charge in [-0.1, -0.05) is 35.9 Å². The van der Waals surface area contributed by atoms with Crippen molar-refractivity contribution in [2.75, 3.05) is 6.54 Å².